The van der Waals surface area contributed by atoms with Crippen LogP contribution in [0.2, 0.25) is 0 Å². The van der Waals surface area contributed by atoms with Gasteiger partial charge in [0.2, 0.25) is 5.91 Å². The van der Waals surface area contributed by atoms with Crippen molar-refractivity contribution in [3.63, 3.8) is 0 Å². The second kappa shape index (κ2) is 5.21. The molecular weight excluding hydrogens is 240 g/mol. The van der Waals surface area contributed by atoms with Crippen LogP contribution in [0.1, 0.15) is 24.8 Å². The van der Waals surface area contributed by atoms with Crippen LogP contribution < -0.4 is 5.32 Å². The van der Waals surface area contributed by atoms with Crippen molar-refractivity contribution in [2.24, 2.45) is 0 Å². The molecule has 1 aliphatic carbocycles. The molecule has 4 heteroatoms. The highest BCUT2D eigenvalue weighted by Gasteiger charge is 2.34. The molecule has 3 rings (SSSR count). The van der Waals surface area contributed by atoms with Crippen LogP contribution >= 0.6 is 0 Å². The minimum absolute atomic E-state index is 0.0493. The number of nitrogens with one attached hydrogen (secondary N) is 1. The van der Waals surface area contributed by atoms with Crippen molar-refractivity contribution < 1.29 is 9.90 Å². The Bertz CT molecular complexity index is 471. The first-order valence-electron chi connectivity index (χ1n) is 7.02. The van der Waals surface area contributed by atoms with E-state index in [9.17, 15) is 9.90 Å². The number of hydrogen-bond donors (Lipinski definition) is 2. The Balaban J connectivity index is 1.48. The van der Waals surface area contributed by atoms with Crippen LogP contribution in [-0.2, 0) is 11.2 Å². The zero-order valence-electron chi connectivity index (χ0n) is 11.0. The van der Waals surface area contributed by atoms with Gasteiger partial charge in [-0.25, -0.2) is 0 Å². The smallest absolute Gasteiger partial charge is 0.224 e. The molecule has 1 saturated heterocycles. The fraction of sp³-hybridized carbons (Fsp3) is 0.533. The SMILES string of the molecule is O=C(Cc1cccc(O)c1)N[C@H]1CCN(C2CC2)C1. The predicted octanol–water partition coefficient (Wildman–Crippen LogP) is 1.29. The van der Waals surface area contributed by atoms with E-state index in [0.29, 0.717) is 12.5 Å². The van der Waals surface area contributed by atoms with Gasteiger partial charge in [0.1, 0.15) is 5.75 Å². The van der Waals surface area contributed by atoms with Crippen LogP contribution in [0.15, 0.2) is 24.3 Å². The number of phenols is 1. The van der Waals surface area contributed by atoms with Crippen LogP contribution in [-0.4, -0.2) is 41.1 Å². The molecular formula is C15H20N2O2. The lowest BCUT2D eigenvalue weighted by Crippen LogP contribution is -2.38. The number of carbonyl (C=O) groups excluding carboxylic acids is 1. The maximum absolute atomic E-state index is 12.0. The van der Waals surface area contributed by atoms with Crippen molar-refractivity contribution in [1.29, 1.82) is 0 Å². The Kier molecular flexibility index (Phi) is 3.42. The van der Waals surface area contributed by atoms with Gasteiger partial charge in [-0.2, -0.15) is 0 Å². The highest BCUT2D eigenvalue weighted by atomic mass is 16.3. The Morgan fingerprint density at radius 1 is 1.37 bits per heavy atom. The first kappa shape index (κ1) is 12.5. The third kappa shape index (κ3) is 3.26. The summed E-state index contributed by atoms with van der Waals surface area (Å²) in [5, 5.41) is 12.5. The van der Waals surface area contributed by atoms with Gasteiger partial charge < -0.3 is 10.4 Å². The zero-order valence-corrected chi connectivity index (χ0v) is 11.0. The summed E-state index contributed by atoms with van der Waals surface area (Å²) < 4.78 is 0. The van der Waals surface area contributed by atoms with Crippen LogP contribution in [0, 0.1) is 0 Å². The summed E-state index contributed by atoms with van der Waals surface area (Å²) in [7, 11) is 0. The number of amides is 1. The fourth-order valence-corrected chi connectivity index (χ4v) is 2.81. The molecule has 2 aliphatic rings. The number of carbonyl (C=O) groups is 1. The number of phenolic OH excluding ortho intramolecular Hbond substituents is 1. The van der Waals surface area contributed by atoms with Gasteiger partial charge in [-0.05, 0) is 37.0 Å². The highest BCUT2D eigenvalue weighted by molar-refractivity contribution is 5.79. The summed E-state index contributed by atoms with van der Waals surface area (Å²) in [6, 6.07) is 7.97. The molecule has 0 aromatic heterocycles. The second-order valence-corrected chi connectivity index (χ2v) is 5.63. The first-order valence-corrected chi connectivity index (χ1v) is 7.02. The molecule has 0 unspecified atom stereocenters. The third-order valence-corrected chi connectivity index (χ3v) is 3.92. The summed E-state index contributed by atoms with van der Waals surface area (Å²) in [4.78, 5) is 14.4. The average Bonchev–Trinajstić information content (AvgIpc) is 3.11. The molecule has 2 fully saturated rings. The van der Waals surface area contributed by atoms with Gasteiger partial charge in [-0.3, -0.25) is 9.69 Å². The van der Waals surface area contributed by atoms with Gasteiger partial charge in [-0.15, -0.1) is 0 Å². The lowest BCUT2D eigenvalue weighted by Gasteiger charge is -2.15. The Hall–Kier alpha value is -1.55. The molecule has 0 bridgehead atoms. The molecule has 4 nitrogen and oxygen atoms in total. The van der Waals surface area contributed by atoms with Gasteiger partial charge in [0.25, 0.3) is 0 Å². The standard InChI is InChI=1S/C15H20N2O2/c18-14-3-1-2-11(8-14)9-15(19)16-12-6-7-17(10-12)13-4-5-13/h1-3,8,12-13,18H,4-7,9-10H2,(H,16,19)/t12-/m0/s1. The average molecular weight is 260 g/mol. The van der Waals surface area contributed by atoms with E-state index in [1.54, 1.807) is 18.2 Å². The number of hydrogen-bond acceptors (Lipinski definition) is 3. The molecule has 1 saturated carbocycles. The topological polar surface area (TPSA) is 52.6 Å². The summed E-state index contributed by atoms with van der Waals surface area (Å²) in [5.41, 5.74) is 0.856. The zero-order chi connectivity index (χ0) is 13.2. The molecule has 2 N–H and O–H groups in total. The molecule has 0 radical (unpaired) electrons. The van der Waals surface area contributed by atoms with E-state index >= 15 is 0 Å². The van der Waals surface area contributed by atoms with Gasteiger partial charge >= 0.3 is 0 Å². The molecule has 1 aromatic rings. The monoisotopic (exact) mass is 260 g/mol. The largest absolute Gasteiger partial charge is 0.508 e. The van der Waals surface area contributed by atoms with Crippen LogP contribution in [0.3, 0.4) is 0 Å². The molecule has 1 aromatic carbocycles. The second-order valence-electron chi connectivity index (χ2n) is 5.63. The van der Waals surface area contributed by atoms with Crippen molar-refractivity contribution in [3.05, 3.63) is 29.8 Å². The number of nitrogens with zero attached hydrogens (tertiary/aromatic N) is 1. The number of benzene rings is 1. The number of rotatable bonds is 4. The summed E-state index contributed by atoms with van der Waals surface area (Å²) in [6.07, 6.45) is 4.05. The van der Waals surface area contributed by atoms with E-state index < -0.39 is 0 Å². The first-order chi connectivity index (χ1) is 9.20. The van der Waals surface area contributed by atoms with Crippen molar-refractivity contribution in [2.75, 3.05) is 13.1 Å². The molecule has 1 heterocycles. The Morgan fingerprint density at radius 3 is 2.95 bits per heavy atom. The highest BCUT2D eigenvalue weighted by Crippen LogP contribution is 2.29. The van der Waals surface area contributed by atoms with E-state index in [4.69, 9.17) is 0 Å². The quantitative estimate of drug-likeness (QED) is 0.857. The van der Waals surface area contributed by atoms with Crippen LogP contribution in [0.4, 0.5) is 0 Å². The molecule has 1 atom stereocenters. The number of likely N-dealkylation sites (tertiary alicyclic amines) is 1. The molecule has 19 heavy (non-hydrogen) atoms. The molecule has 0 spiro atoms. The van der Waals surface area contributed by atoms with E-state index in [0.717, 1.165) is 31.1 Å². The van der Waals surface area contributed by atoms with Gasteiger partial charge in [-0.1, -0.05) is 12.1 Å². The van der Waals surface area contributed by atoms with Crippen LogP contribution in [0.25, 0.3) is 0 Å². The molecule has 1 amide bonds. The van der Waals surface area contributed by atoms with E-state index in [2.05, 4.69) is 10.2 Å². The van der Waals surface area contributed by atoms with E-state index in [1.165, 1.54) is 12.8 Å². The van der Waals surface area contributed by atoms with E-state index in [-0.39, 0.29) is 11.7 Å². The minimum Gasteiger partial charge on any atom is -0.508 e. The lowest BCUT2D eigenvalue weighted by molar-refractivity contribution is -0.121. The Labute approximate surface area is 113 Å². The van der Waals surface area contributed by atoms with Crippen molar-refractivity contribution in [1.82, 2.24) is 10.2 Å². The Morgan fingerprint density at radius 2 is 2.21 bits per heavy atom. The summed E-state index contributed by atoms with van der Waals surface area (Å²) in [5.74, 6) is 0.263. The van der Waals surface area contributed by atoms with E-state index in [1.807, 2.05) is 6.07 Å². The summed E-state index contributed by atoms with van der Waals surface area (Å²) >= 11 is 0. The maximum atomic E-state index is 12.0. The predicted molar refractivity (Wildman–Crippen MR) is 73.0 cm³/mol. The molecule has 102 valence electrons. The molecule has 1 aliphatic heterocycles. The van der Waals surface area contributed by atoms with Crippen molar-refractivity contribution in [3.8, 4) is 5.75 Å². The normalized spacial score (nSPS) is 23.5. The fourth-order valence-electron chi connectivity index (χ4n) is 2.81. The van der Waals surface area contributed by atoms with Gasteiger partial charge in [0, 0.05) is 25.2 Å². The van der Waals surface area contributed by atoms with Gasteiger partial charge in [0.15, 0.2) is 0 Å². The minimum atomic E-state index is 0.0493. The van der Waals surface area contributed by atoms with Crippen molar-refractivity contribution >= 4 is 5.91 Å². The van der Waals surface area contributed by atoms with Gasteiger partial charge in [0.05, 0.1) is 6.42 Å². The lowest BCUT2D eigenvalue weighted by atomic mass is 10.1. The van der Waals surface area contributed by atoms with Crippen LogP contribution in [0.5, 0.6) is 5.75 Å². The number of aromatic hydroxyl groups is 1. The third-order valence-electron chi connectivity index (χ3n) is 3.92. The van der Waals surface area contributed by atoms with Crippen molar-refractivity contribution in [2.45, 2.75) is 37.8 Å². The summed E-state index contributed by atoms with van der Waals surface area (Å²) in [6.45, 7) is 2.11. The maximum Gasteiger partial charge on any atom is 0.224 e.